The normalized spacial score (nSPS) is 10.2. The van der Waals surface area contributed by atoms with Gasteiger partial charge in [-0.05, 0) is 71.2 Å². The van der Waals surface area contributed by atoms with Crippen molar-refractivity contribution in [3.05, 3.63) is 56.5 Å². The molecule has 0 aromatic heterocycles. The summed E-state index contributed by atoms with van der Waals surface area (Å²) in [6, 6.07) is 11.0. The molecule has 0 aliphatic carbocycles. The van der Waals surface area contributed by atoms with E-state index in [0.29, 0.717) is 11.4 Å². The van der Waals surface area contributed by atoms with E-state index in [1.54, 1.807) is 12.1 Å². The molecular formula is C15H13Br2NO2. The quantitative estimate of drug-likeness (QED) is 0.731. The Hall–Kier alpha value is -1.33. The highest BCUT2D eigenvalue weighted by Gasteiger charge is 2.08. The Kier molecular flexibility index (Phi) is 4.83. The van der Waals surface area contributed by atoms with Crippen molar-refractivity contribution in [3.63, 3.8) is 0 Å². The Labute approximate surface area is 134 Å². The van der Waals surface area contributed by atoms with Gasteiger partial charge in [0, 0.05) is 8.95 Å². The summed E-state index contributed by atoms with van der Waals surface area (Å²) in [6.45, 7) is 3.99. The summed E-state index contributed by atoms with van der Waals surface area (Å²) in [5.41, 5.74) is 2.90. The minimum absolute atomic E-state index is 0.517. The van der Waals surface area contributed by atoms with Crippen LogP contribution in [-0.2, 0) is 0 Å². The molecule has 104 valence electrons. The first-order valence-electron chi connectivity index (χ1n) is 5.97. The van der Waals surface area contributed by atoms with Gasteiger partial charge >= 0.3 is 6.09 Å². The van der Waals surface area contributed by atoms with Crippen LogP contribution in [0.1, 0.15) is 11.1 Å². The van der Waals surface area contributed by atoms with E-state index in [0.717, 1.165) is 20.1 Å². The Bertz CT molecular complexity index is 656. The molecule has 0 atom stereocenters. The van der Waals surface area contributed by atoms with Crippen molar-refractivity contribution in [1.29, 1.82) is 0 Å². The molecule has 0 unspecified atom stereocenters. The maximum absolute atomic E-state index is 11.8. The van der Waals surface area contributed by atoms with E-state index in [1.807, 2.05) is 38.1 Å². The van der Waals surface area contributed by atoms with Crippen LogP contribution in [0.4, 0.5) is 10.5 Å². The number of benzene rings is 2. The molecule has 0 saturated heterocycles. The van der Waals surface area contributed by atoms with E-state index in [1.165, 1.54) is 0 Å². The molecule has 0 heterocycles. The summed E-state index contributed by atoms with van der Waals surface area (Å²) in [4.78, 5) is 11.8. The molecule has 2 aromatic rings. The third kappa shape index (κ3) is 3.84. The van der Waals surface area contributed by atoms with E-state index in [-0.39, 0.29) is 0 Å². The number of carbonyl (C=O) groups excluding carboxylic acids is 1. The van der Waals surface area contributed by atoms with Crippen molar-refractivity contribution >= 4 is 43.6 Å². The fourth-order valence-corrected chi connectivity index (χ4v) is 2.76. The van der Waals surface area contributed by atoms with Crippen LogP contribution in [0, 0.1) is 13.8 Å². The zero-order chi connectivity index (χ0) is 14.7. The van der Waals surface area contributed by atoms with Crippen LogP contribution < -0.4 is 10.1 Å². The molecule has 20 heavy (non-hydrogen) atoms. The van der Waals surface area contributed by atoms with Gasteiger partial charge in [0.05, 0.1) is 5.69 Å². The number of hydrogen-bond acceptors (Lipinski definition) is 2. The lowest BCUT2D eigenvalue weighted by molar-refractivity contribution is 0.215. The number of aryl methyl sites for hydroxylation is 2. The largest absolute Gasteiger partial charge is 0.417 e. The van der Waals surface area contributed by atoms with Crippen LogP contribution >= 0.6 is 31.9 Å². The van der Waals surface area contributed by atoms with Crippen LogP contribution in [0.25, 0.3) is 0 Å². The molecule has 0 saturated carbocycles. The van der Waals surface area contributed by atoms with Gasteiger partial charge in [0.1, 0.15) is 5.75 Å². The summed E-state index contributed by atoms with van der Waals surface area (Å²) in [6.07, 6.45) is -0.517. The lowest BCUT2D eigenvalue weighted by Gasteiger charge is -2.09. The summed E-state index contributed by atoms with van der Waals surface area (Å²) in [5.74, 6) is 0.527. The van der Waals surface area contributed by atoms with Crippen LogP contribution in [0.2, 0.25) is 0 Å². The molecular weight excluding hydrogens is 386 g/mol. The number of carbonyl (C=O) groups is 1. The average molecular weight is 399 g/mol. The van der Waals surface area contributed by atoms with Crippen LogP contribution in [0.15, 0.2) is 45.3 Å². The molecule has 0 aliphatic rings. The van der Waals surface area contributed by atoms with E-state index in [9.17, 15) is 4.79 Å². The lowest BCUT2D eigenvalue weighted by atomic mass is 10.1. The van der Waals surface area contributed by atoms with Gasteiger partial charge in [0.15, 0.2) is 0 Å². The van der Waals surface area contributed by atoms with Crippen molar-refractivity contribution in [2.75, 3.05) is 5.32 Å². The lowest BCUT2D eigenvalue weighted by Crippen LogP contribution is -2.17. The molecule has 0 bridgehead atoms. The number of anilines is 1. The summed E-state index contributed by atoms with van der Waals surface area (Å²) in [5, 5.41) is 2.69. The molecule has 1 amide bonds. The van der Waals surface area contributed by atoms with Gasteiger partial charge in [-0.2, -0.15) is 0 Å². The van der Waals surface area contributed by atoms with Crippen molar-refractivity contribution in [2.24, 2.45) is 0 Å². The zero-order valence-corrected chi connectivity index (χ0v) is 14.2. The van der Waals surface area contributed by atoms with Gasteiger partial charge in [-0.3, -0.25) is 5.32 Å². The van der Waals surface area contributed by atoms with E-state index >= 15 is 0 Å². The molecule has 5 heteroatoms. The molecule has 1 N–H and O–H groups in total. The predicted molar refractivity (Wildman–Crippen MR) is 87.4 cm³/mol. The number of rotatable bonds is 2. The summed E-state index contributed by atoms with van der Waals surface area (Å²) < 4.78 is 6.97. The van der Waals surface area contributed by atoms with Gasteiger partial charge < -0.3 is 4.74 Å². The Morgan fingerprint density at radius 2 is 1.80 bits per heavy atom. The van der Waals surface area contributed by atoms with Crippen LogP contribution in [-0.4, -0.2) is 6.09 Å². The standard InChI is InChI=1S/C15H13Br2NO2/c1-9-3-5-12(7-10(9)2)20-15(19)18-14-6-4-11(16)8-13(14)17/h3-8H,1-2H3,(H,18,19). The SMILES string of the molecule is Cc1ccc(OC(=O)Nc2ccc(Br)cc2Br)cc1C. The minimum Gasteiger partial charge on any atom is -0.410 e. The first-order valence-corrected chi connectivity index (χ1v) is 7.55. The van der Waals surface area contributed by atoms with Crippen LogP contribution in [0.5, 0.6) is 5.75 Å². The first kappa shape index (κ1) is 15.1. The number of amides is 1. The molecule has 0 spiro atoms. The molecule has 2 aromatic carbocycles. The van der Waals surface area contributed by atoms with Crippen molar-refractivity contribution in [2.45, 2.75) is 13.8 Å². The third-order valence-electron chi connectivity index (χ3n) is 2.86. The maximum Gasteiger partial charge on any atom is 0.417 e. The Morgan fingerprint density at radius 3 is 2.45 bits per heavy atom. The molecule has 0 radical (unpaired) electrons. The van der Waals surface area contributed by atoms with Gasteiger partial charge in [-0.1, -0.05) is 22.0 Å². The number of ether oxygens (including phenoxy) is 1. The smallest absolute Gasteiger partial charge is 0.410 e. The fraction of sp³-hybridized carbons (Fsp3) is 0.133. The maximum atomic E-state index is 11.8. The second-order valence-corrected chi connectivity index (χ2v) is 6.15. The van der Waals surface area contributed by atoms with Gasteiger partial charge in [-0.25, -0.2) is 4.79 Å². The summed E-state index contributed by atoms with van der Waals surface area (Å²) >= 11 is 6.74. The molecule has 0 aliphatic heterocycles. The van der Waals surface area contributed by atoms with E-state index < -0.39 is 6.09 Å². The van der Waals surface area contributed by atoms with Gasteiger partial charge in [0.25, 0.3) is 0 Å². The highest BCUT2D eigenvalue weighted by Crippen LogP contribution is 2.26. The third-order valence-corrected chi connectivity index (χ3v) is 4.01. The second-order valence-electron chi connectivity index (χ2n) is 4.38. The Balaban J connectivity index is 2.07. The monoisotopic (exact) mass is 397 g/mol. The Morgan fingerprint density at radius 1 is 1.05 bits per heavy atom. The van der Waals surface area contributed by atoms with Crippen molar-refractivity contribution in [3.8, 4) is 5.75 Å². The first-order chi connectivity index (χ1) is 9.45. The van der Waals surface area contributed by atoms with Gasteiger partial charge in [0.2, 0.25) is 0 Å². The topological polar surface area (TPSA) is 38.3 Å². The van der Waals surface area contributed by atoms with Gasteiger partial charge in [-0.15, -0.1) is 0 Å². The zero-order valence-electron chi connectivity index (χ0n) is 11.0. The number of hydrogen-bond donors (Lipinski definition) is 1. The molecule has 3 nitrogen and oxygen atoms in total. The second kappa shape index (κ2) is 6.41. The van der Waals surface area contributed by atoms with Crippen LogP contribution in [0.3, 0.4) is 0 Å². The van der Waals surface area contributed by atoms with Crippen molar-refractivity contribution < 1.29 is 9.53 Å². The summed E-state index contributed by atoms with van der Waals surface area (Å²) in [7, 11) is 0. The fourth-order valence-electron chi connectivity index (χ4n) is 1.61. The van der Waals surface area contributed by atoms with Crippen molar-refractivity contribution in [1.82, 2.24) is 0 Å². The van der Waals surface area contributed by atoms with E-state index in [2.05, 4.69) is 37.2 Å². The molecule has 2 rings (SSSR count). The van der Waals surface area contributed by atoms with E-state index in [4.69, 9.17) is 4.74 Å². The minimum atomic E-state index is -0.517. The average Bonchev–Trinajstić information content (AvgIpc) is 2.37. The highest BCUT2D eigenvalue weighted by atomic mass is 79.9. The predicted octanol–water partition coefficient (Wildman–Crippen LogP) is 5.44. The molecule has 0 fully saturated rings. The number of halogens is 2. The number of nitrogens with one attached hydrogen (secondary N) is 1. The highest BCUT2D eigenvalue weighted by molar-refractivity contribution is 9.11.